The summed E-state index contributed by atoms with van der Waals surface area (Å²) in [6.07, 6.45) is 0.151. The zero-order chi connectivity index (χ0) is 17.4. The highest BCUT2D eigenvalue weighted by Gasteiger charge is 2.34. The third-order valence-electron chi connectivity index (χ3n) is 3.85. The molecule has 1 aliphatic rings. The first-order valence-corrected chi connectivity index (χ1v) is 7.79. The summed E-state index contributed by atoms with van der Waals surface area (Å²) < 4.78 is 0. The molecule has 0 spiro atoms. The van der Waals surface area contributed by atoms with Crippen molar-refractivity contribution in [2.45, 2.75) is 6.42 Å². The number of halogens is 2. The summed E-state index contributed by atoms with van der Waals surface area (Å²) in [5, 5.41) is 12.4. The van der Waals surface area contributed by atoms with Crippen LogP contribution in [0.1, 0.15) is 26.3 Å². The number of carbonyl (C=O) groups excluding carboxylic acids is 2. The molecule has 7 heteroatoms. The van der Waals surface area contributed by atoms with E-state index in [9.17, 15) is 14.4 Å². The standard InChI is InChI=1S/C17H11Cl2NO4/c18-12-3-1-8(6-13(12)19)5-11-15(21)10-7-9(17(23)24)2-4-14(10)20-16(11)22/h1-4,6-7,11H,5H2,(H,20,22)(H,23,24). The zero-order valence-electron chi connectivity index (χ0n) is 12.2. The predicted molar refractivity (Wildman–Crippen MR) is 90.0 cm³/mol. The second-order valence-corrected chi connectivity index (χ2v) is 6.24. The molecule has 1 aliphatic heterocycles. The van der Waals surface area contributed by atoms with Crippen molar-refractivity contribution in [3.63, 3.8) is 0 Å². The average Bonchev–Trinajstić information content (AvgIpc) is 2.54. The number of anilines is 1. The van der Waals surface area contributed by atoms with E-state index < -0.39 is 23.6 Å². The van der Waals surface area contributed by atoms with E-state index in [-0.39, 0.29) is 17.5 Å². The van der Waals surface area contributed by atoms with Crippen molar-refractivity contribution in [2.24, 2.45) is 5.92 Å². The molecule has 2 N–H and O–H groups in total. The molecule has 2 aromatic carbocycles. The normalized spacial score (nSPS) is 16.5. The molecular formula is C17H11Cl2NO4. The molecule has 24 heavy (non-hydrogen) atoms. The third-order valence-corrected chi connectivity index (χ3v) is 4.59. The first-order chi connectivity index (χ1) is 11.4. The number of fused-ring (bicyclic) bond motifs is 1. The van der Waals surface area contributed by atoms with Gasteiger partial charge in [-0.15, -0.1) is 0 Å². The fourth-order valence-electron chi connectivity index (χ4n) is 2.60. The number of hydrogen-bond donors (Lipinski definition) is 2. The van der Waals surface area contributed by atoms with Gasteiger partial charge in [-0.1, -0.05) is 29.3 Å². The van der Waals surface area contributed by atoms with Gasteiger partial charge in [-0.25, -0.2) is 4.79 Å². The number of Topliss-reactive ketones (excluding diaryl/α,β-unsaturated/α-hetero) is 1. The highest BCUT2D eigenvalue weighted by molar-refractivity contribution is 6.42. The summed E-state index contributed by atoms with van der Waals surface area (Å²) in [6.45, 7) is 0. The van der Waals surface area contributed by atoms with Crippen molar-refractivity contribution in [1.29, 1.82) is 0 Å². The topological polar surface area (TPSA) is 83.5 Å². The Balaban J connectivity index is 1.94. The predicted octanol–water partition coefficient (Wildman–Crippen LogP) is 3.69. The Morgan fingerprint density at radius 3 is 2.50 bits per heavy atom. The minimum Gasteiger partial charge on any atom is -0.478 e. The van der Waals surface area contributed by atoms with E-state index in [2.05, 4.69) is 5.32 Å². The number of carboxylic acid groups (broad SMARTS) is 1. The smallest absolute Gasteiger partial charge is 0.335 e. The number of benzene rings is 2. The molecular weight excluding hydrogens is 353 g/mol. The maximum atomic E-state index is 12.6. The van der Waals surface area contributed by atoms with Gasteiger partial charge in [0.1, 0.15) is 5.92 Å². The molecule has 0 aliphatic carbocycles. The average molecular weight is 364 g/mol. The second kappa shape index (κ2) is 6.26. The highest BCUT2D eigenvalue weighted by atomic mass is 35.5. The highest BCUT2D eigenvalue weighted by Crippen LogP contribution is 2.30. The molecule has 0 saturated carbocycles. The number of rotatable bonds is 3. The van der Waals surface area contributed by atoms with E-state index in [4.69, 9.17) is 28.3 Å². The molecule has 1 unspecified atom stereocenters. The molecule has 1 amide bonds. The lowest BCUT2D eigenvalue weighted by Gasteiger charge is -2.23. The number of hydrogen-bond acceptors (Lipinski definition) is 3. The van der Waals surface area contributed by atoms with Gasteiger partial charge in [-0.3, -0.25) is 9.59 Å². The van der Waals surface area contributed by atoms with Crippen molar-refractivity contribution in [3.8, 4) is 0 Å². The van der Waals surface area contributed by atoms with Gasteiger partial charge in [0.05, 0.1) is 21.3 Å². The van der Waals surface area contributed by atoms with E-state index in [0.717, 1.165) is 0 Å². The fourth-order valence-corrected chi connectivity index (χ4v) is 2.93. The lowest BCUT2D eigenvalue weighted by atomic mass is 9.86. The Kier molecular flexibility index (Phi) is 4.30. The summed E-state index contributed by atoms with van der Waals surface area (Å²) in [7, 11) is 0. The van der Waals surface area contributed by atoms with Crippen molar-refractivity contribution in [1.82, 2.24) is 0 Å². The summed E-state index contributed by atoms with van der Waals surface area (Å²) in [4.78, 5) is 36.0. The summed E-state index contributed by atoms with van der Waals surface area (Å²) in [5.41, 5.74) is 1.20. The van der Waals surface area contributed by atoms with E-state index in [1.54, 1.807) is 18.2 Å². The Labute approximate surface area is 147 Å². The largest absolute Gasteiger partial charge is 0.478 e. The first kappa shape index (κ1) is 16.5. The van der Waals surface area contributed by atoms with Crippen molar-refractivity contribution < 1.29 is 19.5 Å². The number of amides is 1. The van der Waals surface area contributed by atoms with Crippen LogP contribution in [-0.2, 0) is 11.2 Å². The first-order valence-electron chi connectivity index (χ1n) is 7.03. The molecule has 3 rings (SSSR count). The maximum Gasteiger partial charge on any atom is 0.335 e. The maximum absolute atomic E-state index is 12.6. The van der Waals surface area contributed by atoms with Crippen LogP contribution < -0.4 is 5.32 Å². The molecule has 0 fully saturated rings. The minimum absolute atomic E-state index is 0.00784. The van der Waals surface area contributed by atoms with Crippen molar-refractivity contribution in [3.05, 3.63) is 63.1 Å². The summed E-state index contributed by atoms with van der Waals surface area (Å²) in [6, 6.07) is 8.94. The van der Waals surface area contributed by atoms with Crippen LogP contribution in [0.2, 0.25) is 10.0 Å². The van der Waals surface area contributed by atoms with Crippen LogP contribution in [0, 0.1) is 5.92 Å². The molecule has 122 valence electrons. The van der Waals surface area contributed by atoms with Gasteiger partial charge in [0.15, 0.2) is 5.78 Å². The van der Waals surface area contributed by atoms with Gasteiger partial charge in [-0.05, 0) is 42.3 Å². The molecule has 0 bridgehead atoms. The molecule has 1 heterocycles. The van der Waals surface area contributed by atoms with Gasteiger partial charge in [0, 0.05) is 5.56 Å². The molecule has 0 aromatic heterocycles. The third kappa shape index (κ3) is 3.00. The van der Waals surface area contributed by atoms with E-state index in [1.807, 2.05) is 0 Å². The lowest BCUT2D eigenvalue weighted by molar-refractivity contribution is -0.118. The van der Waals surface area contributed by atoms with Crippen molar-refractivity contribution in [2.75, 3.05) is 5.32 Å². The molecule has 0 saturated heterocycles. The van der Waals surface area contributed by atoms with E-state index in [0.29, 0.717) is 21.3 Å². The number of carboxylic acids is 1. The van der Waals surface area contributed by atoms with E-state index >= 15 is 0 Å². The van der Waals surface area contributed by atoms with Crippen LogP contribution >= 0.6 is 23.2 Å². The second-order valence-electron chi connectivity index (χ2n) is 5.42. The fraction of sp³-hybridized carbons (Fsp3) is 0.118. The van der Waals surface area contributed by atoms with Crippen LogP contribution in [0.5, 0.6) is 0 Å². The van der Waals surface area contributed by atoms with Crippen LogP contribution in [0.15, 0.2) is 36.4 Å². The van der Waals surface area contributed by atoms with Gasteiger partial charge >= 0.3 is 5.97 Å². The number of ketones is 1. The Bertz CT molecular complexity index is 879. The van der Waals surface area contributed by atoms with Gasteiger partial charge in [0.2, 0.25) is 5.91 Å². The monoisotopic (exact) mass is 363 g/mol. The van der Waals surface area contributed by atoms with Gasteiger partial charge < -0.3 is 10.4 Å². The van der Waals surface area contributed by atoms with Crippen LogP contribution in [-0.4, -0.2) is 22.8 Å². The van der Waals surface area contributed by atoms with Crippen LogP contribution in [0.3, 0.4) is 0 Å². The lowest BCUT2D eigenvalue weighted by Crippen LogP contribution is -2.36. The molecule has 2 aromatic rings. The van der Waals surface area contributed by atoms with Crippen molar-refractivity contribution >= 4 is 46.5 Å². The Morgan fingerprint density at radius 2 is 1.83 bits per heavy atom. The zero-order valence-corrected chi connectivity index (χ0v) is 13.7. The molecule has 1 atom stereocenters. The Morgan fingerprint density at radius 1 is 1.08 bits per heavy atom. The van der Waals surface area contributed by atoms with Gasteiger partial charge in [-0.2, -0.15) is 0 Å². The van der Waals surface area contributed by atoms with Gasteiger partial charge in [0.25, 0.3) is 0 Å². The number of aromatic carboxylic acids is 1. The summed E-state index contributed by atoms with van der Waals surface area (Å²) >= 11 is 11.8. The molecule has 5 nitrogen and oxygen atoms in total. The Hall–Kier alpha value is -2.37. The van der Waals surface area contributed by atoms with Crippen LogP contribution in [0.4, 0.5) is 5.69 Å². The van der Waals surface area contributed by atoms with E-state index in [1.165, 1.54) is 18.2 Å². The SMILES string of the molecule is O=C(O)c1ccc2c(c1)C(=O)C(Cc1ccc(Cl)c(Cl)c1)C(=O)N2. The number of carbonyl (C=O) groups is 3. The molecule has 0 radical (unpaired) electrons. The number of nitrogens with one attached hydrogen (secondary N) is 1. The van der Waals surface area contributed by atoms with Crippen LogP contribution in [0.25, 0.3) is 0 Å². The summed E-state index contributed by atoms with van der Waals surface area (Å²) in [5.74, 6) is -2.92. The quantitative estimate of drug-likeness (QED) is 0.814. The minimum atomic E-state index is -1.14.